The second-order valence-electron chi connectivity index (χ2n) is 4.27. The Labute approximate surface area is 103 Å². The van der Waals surface area contributed by atoms with E-state index in [2.05, 4.69) is 13.8 Å². The number of ether oxygens (including phenoxy) is 1. The molecule has 1 aromatic rings. The average Bonchev–Trinajstić information content (AvgIpc) is 2.25. The fourth-order valence-corrected chi connectivity index (χ4v) is 1.53. The third-order valence-corrected chi connectivity index (χ3v) is 2.57. The molecule has 2 nitrogen and oxygen atoms in total. The highest BCUT2D eigenvalue weighted by Crippen LogP contribution is 2.13. The number of benzene rings is 1. The molecule has 16 heavy (non-hydrogen) atoms. The molecule has 0 aliphatic rings. The van der Waals surface area contributed by atoms with Gasteiger partial charge in [0.05, 0.1) is 6.61 Å². The summed E-state index contributed by atoms with van der Waals surface area (Å²) in [5.74, 6) is 1.62. The van der Waals surface area contributed by atoms with Crippen molar-refractivity contribution in [3.05, 3.63) is 29.8 Å². The molecule has 0 radical (unpaired) electrons. The highest BCUT2D eigenvalue weighted by molar-refractivity contribution is 7.80. The Balaban J connectivity index is 2.35. The fraction of sp³-hybridized carbons (Fsp3) is 0.462. The molecule has 0 aliphatic heterocycles. The lowest BCUT2D eigenvalue weighted by Gasteiger charge is -2.08. The first-order valence-electron chi connectivity index (χ1n) is 5.62. The van der Waals surface area contributed by atoms with E-state index in [0.29, 0.717) is 4.99 Å². The van der Waals surface area contributed by atoms with E-state index < -0.39 is 0 Å². The van der Waals surface area contributed by atoms with Gasteiger partial charge in [0.25, 0.3) is 0 Å². The maximum absolute atomic E-state index is 5.61. The number of hydrogen-bond acceptors (Lipinski definition) is 2. The molecule has 2 N–H and O–H groups in total. The van der Waals surface area contributed by atoms with Gasteiger partial charge in [-0.2, -0.15) is 0 Å². The standard InChI is InChI=1S/C13H19NOS/c1-10(2)4-3-9-15-12-7-5-11(6-8-12)13(14)16/h5-8,10H,3-4,9H2,1-2H3,(H2,14,16). The van der Waals surface area contributed by atoms with Gasteiger partial charge in [-0.25, -0.2) is 0 Å². The zero-order chi connectivity index (χ0) is 12.0. The minimum absolute atomic E-state index is 0.423. The molecule has 0 aliphatic carbocycles. The van der Waals surface area contributed by atoms with Gasteiger partial charge < -0.3 is 10.5 Å². The molecular formula is C13H19NOS. The van der Waals surface area contributed by atoms with Crippen LogP contribution < -0.4 is 10.5 Å². The van der Waals surface area contributed by atoms with Crippen LogP contribution in [0.5, 0.6) is 5.75 Å². The van der Waals surface area contributed by atoms with E-state index in [9.17, 15) is 0 Å². The summed E-state index contributed by atoms with van der Waals surface area (Å²) in [5.41, 5.74) is 6.39. The van der Waals surface area contributed by atoms with E-state index in [4.69, 9.17) is 22.7 Å². The minimum Gasteiger partial charge on any atom is -0.494 e. The predicted octanol–water partition coefficient (Wildman–Crippen LogP) is 3.14. The molecule has 0 heterocycles. The molecule has 0 fully saturated rings. The van der Waals surface area contributed by atoms with Crippen LogP contribution in [-0.4, -0.2) is 11.6 Å². The van der Waals surface area contributed by atoms with E-state index in [0.717, 1.165) is 30.3 Å². The van der Waals surface area contributed by atoms with E-state index in [1.807, 2.05) is 24.3 Å². The van der Waals surface area contributed by atoms with Gasteiger partial charge in [0, 0.05) is 5.56 Å². The second kappa shape index (κ2) is 6.48. The maximum atomic E-state index is 5.61. The number of nitrogens with two attached hydrogens (primary N) is 1. The second-order valence-corrected chi connectivity index (χ2v) is 4.71. The normalized spacial score (nSPS) is 10.4. The van der Waals surface area contributed by atoms with E-state index in [-0.39, 0.29) is 0 Å². The third kappa shape index (κ3) is 4.62. The predicted molar refractivity (Wildman–Crippen MR) is 71.9 cm³/mol. The van der Waals surface area contributed by atoms with Crippen molar-refractivity contribution >= 4 is 17.2 Å². The molecule has 1 aromatic carbocycles. The molecule has 3 heteroatoms. The van der Waals surface area contributed by atoms with Crippen molar-refractivity contribution in [2.24, 2.45) is 11.7 Å². The lowest BCUT2D eigenvalue weighted by Crippen LogP contribution is -2.08. The fourth-order valence-electron chi connectivity index (χ4n) is 1.40. The zero-order valence-corrected chi connectivity index (χ0v) is 10.7. The average molecular weight is 237 g/mol. The number of hydrogen-bond donors (Lipinski definition) is 1. The van der Waals surface area contributed by atoms with Gasteiger partial charge in [0.1, 0.15) is 10.7 Å². The van der Waals surface area contributed by atoms with Gasteiger partial charge in [-0.1, -0.05) is 26.1 Å². The summed E-state index contributed by atoms with van der Waals surface area (Å²) in [7, 11) is 0. The molecule has 0 spiro atoms. The summed E-state index contributed by atoms with van der Waals surface area (Å²) < 4.78 is 5.61. The van der Waals surface area contributed by atoms with Gasteiger partial charge in [-0.3, -0.25) is 0 Å². The lowest BCUT2D eigenvalue weighted by atomic mass is 10.1. The van der Waals surface area contributed by atoms with Crippen molar-refractivity contribution in [2.75, 3.05) is 6.61 Å². The van der Waals surface area contributed by atoms with Gasteiger partial charge in [-0.05, 0) is 43.0 Å². The SMILES string of the molecule is CC(C)CCCOc1ccc(C(N)=S)cc1. The van der Waals surface area contributed by atoms with E-state index in [1.54, 1.807) is 0 Å². The topological polar surface area (TPSA) is 35.2 Å². The Morgan fingerprint density at radius 2 is 1.94 bits per heavy atom. The molecule has 0 saturated heterocycles. The molecule has 0 atom stereocenters. The highest BCUT2D eigenvalue weighted by Gasteiger charge is 1.98. The molecule has 0 saturated carbocycles. The Bertz CT molecular complexity index is 332. The molecule has 0 aromatic heterocycles. The van der Waals surface area contributed by atoms with Crippen LogP contribution in [0, 0.1) is 5.92 Å². The van der Waals surface area contributed by atoms with Gasteiger partial charge in [0.2, 0.25) is 0 Å². The first-order chi connectivity index (χ1) is 7.59. The summed E-state index contributed by atoms with van der Waals surface area (Å²) >= 11 is 4.88. The number of thiocarbonyl (C=S) groups is 1. The molecule has 88 valence electrons. The maximum Gasteiger partial charge on any atom is 0.119 e. The summed E-state index contributed by atoms with van der Waals surface area (Å²) in [6.07, 6.45) is 2.29. The van der Waals surface area contributed by atoms with Crippen molar-refractivity contribution in [1.82, 2.24) is 0 Å². The summed E-state index contributed by atoms with van der Waals surface area (Å²) in [6, 6.07) is 7.59. The van der Waals surface area contributed by atoms with Crippen LogP contribution in [0.15, 0.2) is 24.3 Å². The minimum atomic E-state index is 0.423. The van der Waals surface area contributed by atoms with Crippen molar-refractivity contribution in [2.45, 2.75) is 26.7 Å². The molecule has 0 bridgehead atoms. The van der Waals surface area contributed by atoms with Gasteiger partial charge in [-0.15, -0.1) is 0 Å². The van der Waals surface area contributed by atoms with Gasteiger partial charge >= 0.3 is 0 Å². The Morgan fingerprint density at radius 3 is 2.44 bits per heavy atom. The first-order valence-corrected chi connectivity index (χ1v) is 6.03. The lowest BCUT2D eigenvalue weighted by molar-refractivity contribution is 0.297. The monoisotopic (exact) mass is 237 g/mol. The van der Waals surface area contributed by atoms with Crippen LogP contribution in [0.4, 0.5) is 0 Å². The smallest absolute Gasteiger partial charge is 0.119 e. The zero-order valence-electron chi connectivity index (χ0n) is 9.90. The largest absolute Gasteiger partial charge is 0.494 e. The first kappa shape index (κ1) is 13.0. The quantitative estimate of drug-likeness (QED) is 0.610. The van der Waals surface area contributed by atoms with Crippen LogP contribution in [0.2, 0.25) is 0 Å². The van der Waals surface area contributed by atoms with Crippen molar-refractivity contribution < 1.29 is 4.74 Å². The van der Waals surface area contributed by atoms with Crippen molar-refractivity contribution in [3.8, 4) is 5.75 Å². The van der Waals surface area contributed by atoms with E-state index >= 15 is 0 Å². The number of rotatable bonds is 6. The molecule has 0 unspecified atom stereocenters. The van der Waals surface area contributed by atoms with Crippen LogP contribution in [0.3, 0.4) is 0 Å². The summed E-state index contributed by atoms with van der Waals surface area (Å²) in [6.45, 7) is 5.21. The summed E-state index contributed by atoms with van der Waals surface area (Å²) in [5, 5.41) is 0. The van der Waals surface area contributed by atoms with Crippen LogP contribution >= 0.6 is 12.2 Å². The molecule has 1 rings (SSSR count). The highest BCUT2D eigenvalue weighted by atomic mass is 32.1. The Kier molecular flexibility index (Phi) is 5.26. The molecule has 0 amide bonds. The summed E-state index contributed by atoms with van der Waals surface area (Å²) in [4.78, 5) is 0.423. The van der Waals surface area contributed by atoms with Crippen LogP contribution in [0.1, 0.15) is 32.3 Å². The third-order valence-electron chi connectivity index (χ3n) is 2.33. The Morgan fingerprint density at radius 1 is 1.31 bits per heavy atom. The van der Waals surface area contributed by atoms with E-state index in [1.165, 1.54) is 6.42 Å². The van der Waals surface area contributed by atoms with Gasteiger partial charge in [0.15, 0.2) is 0 Å². The van der Waals surface area contributed by atoms with Crippen molar-refractivity contribution in [1.29, 1.82) is 0 Å². The van der Waals surface area contributed by atoms with Crippen LogP contribution in [0.25, 0.3) is 0 Å². The Hall–Kier alpha value is -1.09. The van der Waals surface area contributed by atoms with Crippen molar-refractivity contribution in [3.63, 3.8) is 0 Å². The van der Waals surface area contributed by atoms with Crippen LogP contribution in [-0.2, 0) is 0 Å². The molecular weight excluding hydrogens is 218 g/mol.